The van der Waals surface area contributed by atoms with Crippen molar-refractivity contribution in [1.82, 2.24) is 0 Å². The van der Waals surface area contributed by atoms with Gasteiger partial charge in [-0.05, 0) is 12.1 Å². The number of aliphatic hydroxyl groups is 4. The van der Waals surface area contributed by atoms with E-state index in [1.165, 1.54) is 0 Å². The molecule has 1 aromatic rings. The zero-order valence-corrected chi connectivity index (χ0v) is 11.2. The second-order valence-corrected chi connectivity index (χ2v) is 4.82. The molecule has 1 fully saturated rings. The summed E-state index contributed by atoms with van der Waals surface area (Å²) in [4.78, 5) is 10.6. The molecule has 9 nitrogen and oxygen atoms in total. The van der Waals surface area contributed by atoms with Gasteiger partial charge in [0.2, 0.25) is 12.0 Å². The highest BCUT2D eigenvalue weighted by Crippen LogP contribution is 2.38. The Morgan fingerprint density at radius 3 is 2.18 bits per heavy atom. The lowest BCUT2D eigenvalue weighted by Gasteiger charge is -2.39. The minimum absolute atomic E-state index is 0.00356. The summed E-state index contributed by atoms with van der Waals surface area (Å²) in [6.07, 6.45) is -7.26. The van der Waals surface area contributed by atoms with Crippen molar-refractivity contribution in [3.05, 3.63) is 17.7 Å². The number of benzene rings is 1. The molecule has 1 aromatic carbocycles. The second kappa shape index (κ2) is 6.46. The molecule has 1 aliphatic rings. The predicted molar refractivity (Wildman–Crippen MR) is 69.6 cm³/mol. The average Bonchev–Trinajstić information content (AvgIpc) is 2.50. The molecule has 22 heavy (non-hydrogen) atoms. The van der Waals surface area contributed by atoms with Crippen LogP contribution < -0.4 is 4.74 Å². The third kappa shape index (κ3) is 2.98. The number of hydrogen-bond acceptors (Lipinski definition) is 9. The van der Waals surface area contributed by atoms with E-state index in [4.69, 9.17) is 14.6 Å². The van der Waals surface area contributed by atoms with Crippen LogP contribution in [-0.2, 0) is 4.74 Å². The fourth-order valence-electron chi connectivity index (χ4n) is 2.09. The van der Waals surface area contributed by atoms with E-state index < -0.39 is 54.6 Å². The Balaban J connectivity index is 2.24. The smallest absolute Gasteiger partial charge is 0.229 e. The first-order valence-corrected chi connectivity index (χ1v) is 6.37. The lowest BCUT2D eigenvalue weighted by Crippen LogP contribution is -2.60. The Labute approximate surface area is 124 Å². The molecule has 0 saturated carbocycles. The predicted octanol–water partition coefficient (Wildman–Crippen LogP) is -1.91. The monoisotopic (exact) mass is 316 g/mol. The molecule has 2 rings (SSSR count). The summed E-state index contributed by atoms with van der Waals surface area (Å²) >= 11 is 0. The molecule has 1 heterocycles. The van der Waals surface area contributed by atoms with Crippen LogP contribution in [-0.4, -0.2) is 74.2 Å². The Hall–Kier alpha value is -1.91. The van der Waals surface area contributed by atoms with Crippen molar-refractivity contribution >= 4 is 6.29 Å². The van der Waals surface area contributed by atoms with Gasteiger partial charge in [-0.25, -0.2) is 0 Å². The molecule has 0 aliphatic carbocycles. The first kappa shape index (κ1) is 16.5. The number of hydrogen-bond donors (Lipinski definition) is 6. The van der Waals surface area contributed by atoms with Crippen molar-refractivity contribution in [3.8, 4) is 17.2 Å². The van der Waals surface area contributed by atoms with Gasteiger partial charge in [0.25, 0.3) is 0 Å². The molecule has 0 spiro atoms. The third-order valence-electron chi connectivity index (χ3n) is 3.29. The van der Waals surface area contributed by atoms with Gasteiger partial charge in [-0.2, -0.15) is 0 Å². The van der Waals surface area contributed by atoms with Gasteiger partial charge in [0.15, 0.2) is 11.5 Å². The first-order valence-electron chi connectivity index (χ1n) is 6.37. The lowest BCUT2D eigenvalue weighted by atomic mass is 9.99. The van der Waals surface area contributed by atoms with E-state index in [1.807, 2.05) is 0 Å². The van der Waals surface area contributed by atoms with Crippen LogP contribution in [0.25, 0.3) is 0 Å². The highest BCUT2D eigenvalue weighted by atomic mass is 16.7. The van der Waals surface area contributed by atoms with Crippen molar-refractivity contribution in [1.29, 1.82) is 0 Å². The molecule has 9 heteroatoms. The van der Waals surface area contributed by atoms with Gasteiger partial charge in [-0.1, -0.05) is 0 Å². The van der Waals surface area contributed by atoms with E-state index in [1.54, 1.807) is 0 Å². The van der Waals surface area contributed by atoms with Crippen molar-refractivity contribution in [2.45, 2.75) is 30.7 Å². The Bertz CT molecular complexity index is 521. The molecular formula is C13H16O9. The number of rotatable bonds is 4. The highest BCUT2D eigenvalue weighted by Gasteiger charge is 2.45. The van der Waals surface area contributed by atoms with E-state index in [0.29, 0.717) is 6.29 Å². The van der Waals surface area contributed by atoms with Crippen molar-refractivity contribution in [2.24, 2.45) is 0 Å². The van der Waals surface area contributed by atoms with Gasteiger partial charge in [0, 0.05) is 5.56 Å². The van der Waals surface area contributed by atoms with Gasteiger partial charge in [0.1, 0.15) is 30.7 Å². The van der Waals surface area contributed by atoms with Crippen LogP contribution in [0.2, 0.25) is 0 Å². The van der Waals surface area contributed by atoms with E-state index in [2.05, 4.69) is 0 Å². The normalized spacial score (nSPS) is 31.7. The highest BCUT2D eigenvalue weighted by molar-refractivity contribution is 5.78. The minimum Gasteiger partial charge on any atom is -0.504 e. The third-order valence-corrected chi connectivity index (χ3v) is 3.29. The molecule has 1 saturated heterocycles. The quantitative estimate of drug-likeness (QED) is 0.349. The summed E-state index contributed by atoms with van der Waals surface area (Å²) in [5.74, 6) is -1.65. The average molecular weight is 316 g/mol. The number of aldehydes is 1. The number of aliphatic hydroxyl groups excluding tert-OH is 4. The standard InChI is InChI=1S/C13H16O9/c14-3-5-1-6(16)12(7(17)2-5)22-13-11(20)10(19)9(18)8(4-15)21-13/h1-3,8-11,13,15-20H,4H2. The number of aromatic hydroxyl groups is 2. The number of carbonyl (C=O) groups excluding carboxylic acids is 1. The summed E-state index contributed by atoms with van der Waals surface area (Å²) in [6.45, 7) is -0.646. The first-order chi connectivity index (χ1) is 10.4. The molecule has 1 aliphatic heterocycles. The fraction of sp³-hybridized carbons (Fsp3) is 0.462. The van der Waals surface area contributed by atoms with Gasteiger partial charge in [-0.3, -0.25) is 4.79 Å². The number of ether oxygens (including phenoxy) is 2. The second-order valence-electron chi connectivity index (χ2n) is 4.82. The molecule has 0 aromatic heterocycles. The maximum atomic E-state index is 10.6. The van der Waals surface area contributed by atoms with Crippen LogP contribution in [0.4, 0.5) is 0 Å². The van der Waals surface area contributed by atoms with E-state index >= 15 is 0 Å². The van der Waals surface area contributed by atoms with Gasteiger partial charge >= 0.3 is 0 Å². The largest absolute Gasteiger partial charge is 0.504 e. The van der Waals surface area contributed by atoms with Gasteiger partial charge in [-0.15, -0.1) is 0 Å². The summed E-state index contributed by atoms with van der Waals surface area (Å²) < 4.78 is 10.2. The summed E-state index contributed by atoms with van der Waals surface area (Å²) in [6, 6.07) is 2.04. The van der Waals surface area contributed by atoms with Gasteiger partial charge in [0.05, 0.1) is 6.61 Å². The number of carbonyl (C=O) groups is 1. The topological polar surface area (TPSA) is 157 Å². The molecule has 5 atom stereocenters. The van der Waals surface area contributed by atoms with Crippen LogP contribution in [0.1, 0.15) is 10.4 Å². The van der Waals surface area contributed by atoms with Crippen molar-refractivity contribution in [3.63, 3.8) is 0 Å². The molecule has 0 bridgehead atoms. The minimum atomic E-state index is -1.69. The molecule has 0 amide bonds. The van der Waals surface area contributed by atoms with Crippen LogP contribution in [0, 0.1) is 0 Å². The SMILES string of the molecule is O=Cc1cc(O)c(OC2OC(CO)C(O)C(O)C2O)c(O)c1. The van der Waals surface area contributed by atoms with Crippen LogP contribution in [0.15, 0.2) is 12.1 Å². The molecular weight excluding hydrogens is 300 g/mol. The van der Waals surface area contributed by atoms with Crippen molar-refractivity contribution < 1.29 is 44.9 Å². The molecule has 6 N–H and O–H groups in total. The zero-order chi connectivity index (χ0) is 16.4. The number of phenols is 2. The van der Waals surface area contributed by atoms with Gasteiger partial charge < -0.3 is 40.1 Å². The van der Waals surface area contributed by atoms with E-state index in [-0.39, 0.29) is 5.56 Å². The summed E-state index contributed by atoms with van der Waals surface area (Å²) in [5, 5.41) is 57.6. The molecule has 122 valence electrons. The van der Waals surface area contributed by atoms with E-state index in [9.17, 15) is 30.3 Å². The molecule has 0 radical (unpaired) electrons. The van der Waals surface area contributed by atoms with Crippen LogP contribution in [0.5, 0.6) is 17.2 Å². The maximum Gasteiger partial charge on any atom is 0.229 e. The van der Waals surface area contributed by atoms with Crippen molar-refractivity contribution in [2.75, 3.05) is 6.61 Å². The molecule has 5 unspecified atom stereocenters. The lowest BCUT2D eigenvalue weighted by molar-refractivity contribution is -0.277. The Kier molecular flexibility index (Phi) is 4.84. The fourth-order valence-corrected chi connectivity index (χ4v) is 2.09. The Morgan fingerprint density at radius 1 is 1.09 bits per heavy atom. The van der Waals surface area contributed by atoms with Crippen LogP contribution in [0.3, 0.4) is 0 Å². The maximum absolute atomic E-state index is 10.6. The summed E-state index contributed by atoms with van der Waals surface area (Å²) in [7, 11) is 0. The number of phenolic OH excluding ortho intramolecular Hbond substituents is 2. The summed E-state index contributed by atoms with van der Waals surface area (Å²) in [5.41, 5.74) is -0.00356. The zero-order valence-electron chi connectivity index (χ0n) is 11.2. The van der Waals surface area contributed by atoms with E-state index in [0.717, 1.165) is 12.1 Å². The van der Waals surface area contributed by atoms with Crippen LogP contribution >= 0.6 is 0 Å². The Morgan fingerprint density at radius 2 is 1.68 bits per heavy atom.